The highest BCUT2D eigenvalue weighted by Gasteiger charge is 2.34. The lowest BCUT2D eigenvalue weighted by Gasteiger charge is -2.37. The molecule has 2 aliphatic rings. The predicted octanol–water partition coefficient (Wildman–Crippen LogP) is 5.34. The molecule has 9 heteroatoms. The first kappa shape index (κ1) is 22.1. The van der Waals surface area contributed by atoms with Gasteiger partial charge in [-0.1, -0.05) is 35.5 Å². The van der Waals surface area contributed by atoms with E-state index in [-0.39, 0.29) is 12.8 Å². The molecule has 6 rings (SSSR count). The number of methoxy groups -OCH3 is 1. The van der Waals surface area contributed by atoms with Crippen LogP contribution in [-0.2, 0) is 0 Å². The molecule has 8 nitrogen and oxygen atoms in total. The Hall–Kier alpha value is -4.37. The third-order valence-corrected chi connectivity index (χ3v) is 6.54. The van der Waals surface area contributed by atoms with E-state index >= 15 is 0 Å². The quantitative estimate of drug-likeness (QED) is 0.367. The maximum atomic E-state index is 5.84. The number of rotatable bonds is 5. The third-order valence-electron chi connectivity index (χ3n) is 6.24. The van der Waals surface area contributed by atoms with E-state index in [1.54, 1.807) is 7.11 Å². The molecule has 1 atom stereocenters. The van der Waals surface area contributed by atoms with Crippen LogP contribution in [0.25, 0.3) is 17.0 Å². The minimum absolute atomic E-state index is 0.202. The van der Waals surface area contributed by atoms with Crippen LogP contribution in [0.4, 0.5) is 5.69 Å². The number of allylic oxidation sites excluding steroid dienone is 1. The van der Waals surface area contributed by atoms with E-state index in [0.717, 1.165) is 33.8 Å². The number of anilines is 1. The second-order valence-corrected chi connectivity index (χ2v) is 8.70. The van der Waals surface area contributed by atoms with E-state index in [2.05, 4.69) is 10.5 Å². The highest BCUT2D eigenvalue weighted by molar-refractivity contribution is 7.80. The highest BCUT2D eigenvalue weighted by Crippen LogP contribution is 2.40. The van der Waals surface area contributed by atoms with E-state index in [4.69, 9.17) is 35.9 Å². The van der Waals surface area contributed by atoms with Crippen LogP contribution in [0, 0.1) is 0 Å². The Morgan fingerprint density at radius 2 is 1.78 bits per heavy atom. The van der Waals surface area contributed by atoms with Crippen LogP contribution < -0.4 is 24.4 Å². The third kappa shape index (κ3) is 3.83. The summed E-state index contributed by atoms with van der Waals surface area (Å²) in [5.41, 5.74) is 4.43. The monoisotopic (exact) mass is 498 g/mol. The van der Waals surface area contributed by atoms with Crippen LogP contribution in [0.15, 0.2) is 83.0 Å². The van der Waals surface area contributed by atoms with Crippen LogP contribution in [0.1, 0.15) is 24.4 Å². The standard InChI is InChI=1S/C27H22N4O4S/c1-16-23(26-29-25(30-35-26)18-8-13-21-22(14-18)34-15-33-21)24(17-6-4-3-5-7-17)28-27(36)31(16)19-9-11-20(32-2)12-10-19/h3-14,24H,15H2,1-2H3,(H,28,36). The van der Waals surface area contributed by atoms with Gasteiger partial charge in [0.15, 0.2) is 16.6 Å². The Bertz CT molecular complexity index is 1470. The van der Waals surface area contributed by atoms with Crippen molar-refractivity contribution in [2.45, 2.75) is 13.0 Å². The van der Waals surface area contributed by atoms with Crippen LogP contribution in [0.3, 0.4) is 0 Å². The van der Waals surface area contributed by atoms with Gasteiger partial charge in [-0.15, -0.1) is 0 Å². The van der Waals surface area contributed by atoms with Gasteiger partial charge in [0.25, 0.3) is 5.89 Å². The average molecular weight is 499 g/mol. The summed E-state index contributed by atoms with van der Waals surface area (Å²) in [7, 11) is 1.64. The molecule has 1 N–H and O–H groups in total. The molecular formula is C27H22N4O4S. The maximum Gasteiger partial charge on any atom is 0.258 e. The first-order valence-corrected chi connectivity index (χ1v) is 11.8. The number of hydrogen-bond acceptors (Lipinski definition) is 7. The van der Waals surface area contributed by atoms with Crippen molar-refractivity contribution in [3.05, 3.63) is 89.9 Å². The molecule has 0 saturated carbocycles. The number of aromatic nitrogens is 2. The molecule has 1 unspecified atom stereocenters. The summed E-state index contributed by atoms with van der Waals surface area (Å²) >= 11 is 5.81. The molecule has 180 valence electrons. The number of nitrogens with zero attached hydrogens (tertiary/aromatic N) is 3. The van der Waals surface area contributed by atoms with Crippen molar-refractivity contribution in [2.75, 3.05) is 18.8 Å². The summed E-state index contributed by atoms with van der Waals surface area (Å²) in [6, 6.07) is 23.1. The van der Waals surface area contributed by atoms with Gasteiger partial charge in [-0.05, 0) is 67.2 Å². The molecule has 0 saturated heterocycles. The Kier molecular flexibility index (Phi) is 5.54. The molecule has 4 aromatic rings. The van der Waals surface area contributed by atoms with Crippen molar-refractivity contribution in [3.8, 4) is 28.6 Å². The summed E-state index contributed by atoms with van der Waals surface area (Å²) in [5.74, 6) is 2.99. The second-order valence-electron chi connectivity index (χ2n) is 8.32. The first-order valence-electron chi connectivity index (χ1n) is 11.4. The van der Waals surface area contributed by atoms with Crippen LogP contribution >= 0.6 is 12.2 Å². The van der Waals surface area contributed by atoms with Gasteiger partial charge in [0.05, 0.1) is 18.7 Å². The molecule has 0 aliphatic carbocycles. The average Bonchev–Trinajstić information content (AvgIpc) is 3.59. The number of nitrogens with one attached hydrogen (secondary N) is 1. The predicted molar refractivity (Wildman–Crippen MR) is 139 cm³/mol. The lowest BCUT2D eigenvalue weighted by molar-refractivity contribution is 0.174. The van der Waals surface area contributed by atoms with Gasteiger partial charge in [-0.2, -0.15) is 4.98 Å². The zero-order valence-electron chi connectivity index (χ0n) is 19.6. The molecule has 0 fully saturated rings. The fourth-order valence-corrected chi connectivity index (χ4v) is 4.80. The lowest BCUT2D eigenvalue weighted by atomic mass is 9.94. The van der Waals surface area contributed by atoms with E-state index in [0.29, 0.717) is 28.3 Å². The molecule has 3 aromatic carbocycles. The fraction of sp³-hybridized carbons (Fsp3) is 0.148. The summed E-state index contributed by atoms with van der Waals surface area (Å²) in [6.45, 7) is 2.21. The van der Waals surface area contributed by atoms with Gasteiger partial charge in [-0.3, -0.25) is 4.90 Å². The Morgan fingerprint density at radius 1 is 1.00 bits per heavy atom. The molecule has 0 bridgehead atoms. The number of hydrogen-bond donors (Lipinski definition) is 1. The molecule has 36 heavy (non-hydrogen) atoms. The van der Waals surface area contributed by atoms with Gasteiger partial charge in [-0.25, -0.2) is 0 Å². The Balaban J connectivity index is 1.45. The molecular weight excluding hydrogens is 476 g/mol. The minimum Gasteiger partial charge on any atom is -0.497 e. The minimum atomic E-state index is -0.266. The summed E-state index contributed by atoms with van der Waals surface area (Å²) in [5, 5.41) is 8.33. The largest absolute Gasteiger partial charge is 0.497 e. The summed E-state index contributed by atoms with van der Waals surface area (Å²) < 4.78 is 22.1. The van der Waals surface area contributed by atoms with Crippen molar-refractivity contribution in [2.24, 2.45) is 0 Å². The maximum absolute atomic E-state index is 5.84. The normalized spacial score (nSPS) is 16.8. The Labute approximate surface area is 213 Å². The molecule has 3 heterocycles. The molecule has 0 radical (unpaired) electrons. The van der Waals surface area contributed by atoms with Gasteiger partial charge in [0.1, 0.15) is 5.75 Å². The first-order chi connectivity index (χ1) is 17.6. The van der Waals surface area contributed by atoms with Crippen molar-refractivity contribution in [3.63, 3.8) is 0 Å². The molecule has 1 aromatic heterocycles. The van der Waals surface area contributed by atoms with E-state index in [1.165, 1.54) is 0 Å². The molecule has 0 amide bonds. The summed E-state index contributed by atoms with van der Waals surface area (Å²) in [4.78, 5) is 6.74. The van der Waals surface area contributed by atoms with Crippen LogP contribution in [0.2, 0.25) is 0 Å². The smallest absolute Gasteiger partial charge is 0.258 e. The number of ether oxygens (including phenoxy) is 3. The summed E-state index contributed by atoms with van der Waals surface area (Å²) in [6.07, 6.45) is 0. The SMILES string of the molecule is COc1ccc(N2C(=S)NC(c3ccccc3)C(c3nc(-c4ccc5c(c4)OCO5)no3)=C2C)cc1. The fourth-order valence-electron chi connectivity index (χ4n) is 4.44. The molecule has 2 aliphatic heterocycles. The zero-order valence-corrected chi connectivity index (χ0v) is 20.4. The number of benzene rings is 3. The van der Waals surface area contributed by atoms with E-state index in [1.807, 2.05) is 84.6 Å². The van der Waals surface area contributed by atoms with Crippen molar-refractivity contribution in [1.82, 2.24) is 15.5 Å². The van der Waals surface area contributed by atoms with Crippen LogP contribution in [0.5, 0.6) is 17.2 Å². The van der Waals surface area contributed by atoms with Crippen molar-refractivity contribution < 1.29 is 18.7 Å². The topological polar surface area (TPSA) is 81.9 Å². The number of thiocarbonyl (C=S) groups is 1. The van der Waals surface area contributed by atoms with Crippen molar-refractivity contribution >= 4 is 28.6 Å². The molecule has 0 spiro atoms. The highest BCUT2D eigenvalue weighted by atomic mass is 32.1. The number of fused-ring (bicyclic) bond motifs is 1. The van der Waals surface area contributed by atoms with Crippen molar-refractivity contribution in [1.29, 1.82) is 0 Å². The zero-order chi connectivity index (χ0) is 24.6. The van der Waals surface area contributed by atoms with Gasteiger partial charge < -0.3 is 24.1 Å². The van der Waals surface area contributed by atoms with Crippen LogP contribution in [-0.4, -0.2) is 29.2 Å². The van der Waals surface area contributed by atoms with E-state index < -0.39 is 0 Å². The second kappa shape index (κ2) is 9.01. The van der Waals surface area contributed by atoms with E-state index in [9.17, 15) is 0 Å². The van der Waals surface area contributed by atoms with Gasteiger partial charge >= 0.3 is 0 Å². The van der Waals surface area contributed by atoms with Gasteiger partial charge in [0.2, 0.25) is 12.6 Å². The Morgan fingerprint density at radius 3 is 2.56 bits per heavy atom. The lowest BCUT2D eigenvalue weighted by Crippen LogP contribution is -2.46. The van der Waals surface area contributed by atoms with Gasteiger partial charge in [0, 0.05) is 16.9 Å².